The Kier molecular flexibility index (Phi) is 3.22. The van der Waals surface area contributed by atoms with Gasteiger partial charge in [-0.3, -0.25) is 9.89 Å². The number of benzene rings is 1. The number of rotatable bonds is 1. The van der Waals surface area contributed by atoms with Crippen molar-refractivity contribution in [3.05, 3.63) is 30.0 Å². The van der Waals surface area contributed by atoms with Gasteiger partial charge in [-0.25, -0.2) is 0 Å². The summed E-state index contributed by atoms with van der Waals surface area (Å²) in [7, 11) is 0. The number of nitrogens with zero attached hydrogens (tertiary/aromatic N) is 2. The van der Waals surface area contributed by atoms with Crippen LogP contribution in [0.2, 0.25) is 0 Å². The van der Waals surface area contributed by atoms with Crippen LogP contribution < -0.4 is 0 Å². The van der Waals surface area contributed by atoms with E-state index in [1.807, 2.05) is 38.1 Å². The molecule has 20 heavy (non-hydrogen) atoms. The Hall–Kier alpha value is -1.53. The molecule has 6 heteroatoms. The van der Waals surface area contributed by atoms with Gasteiger partial charge in [0, 0.05) is 5.39 Å². The maximum Gasteiger partial charge on any atom is 0.275 e. The molecule has 1 fully saturated rings. The third-order valence-electron chi connectivity index (χ3n) is 3.69. The molecule has 1 saturated heterocycles. The van der Waals surface area contributed by atoms with E-state index in [0.717, 1.165) is 10.9 Å². The largest absolute Gasteiger partial charge is 0.616 e. The molecule has 0 radical (unpaired) electrons. The minimum absolute atomic E-state index is 0.0905. The molecule has 1 atom stereocenters. The van der Waals surface area contributed by atoms with E-state index in [1.165, 1.54) is 0 Å². The van der Waals surface area contributed by atoms with Crippen LogP contribution in [0.3, 0.4) is 0 Å². The molecular formula is C14H17N3O2S. The Bertz CT molecular complexity index is 653. The molecule has 3 rings (SSSR count). The van der Waals surface area contributed by atoms with Gasteiger partial charge in [0.1, 0.15) is 10.5 Å². The lowest BCUT2D eigenvalue weighted by Gasteiger charge is -2.39. The molecular weight excluding hydrogens is 274 g/mol. The van der Waals surface area contributed by atoms with Gasteiger partial charge in [0.25, 0.3) is 5.91 Å². The van der Waals surface area contributed by atoms with Crippen molar-refractivity contribution in [2.75, 3.05) is 18.8 Å². The highest BCUT2D eigenvalue weighted by Gasteiger charge is 2.40. The molecule has 1 amide bonds. The number of carbonyl (C=O) groups excluding carboxylic acids is 1. The number of hydrogen-bond donors (Lipinski definition) is 1. The molecule has 106 valence electrons. The van der Waals surface area contributed by atoms with E-state index in [1.54, 1.807) is 4.90 Å². The second-order valence-corrected chi connectivity index (χ2v) is 7.86. The lowest BCUT2D eigenvalue weighted by atomic mass is 10.1. The van der Waals surface area contributed by atoms with Gasteiger partial charge in [-0.05, 0) is 31.1 Å². The predicted molar refractivity (Wildman–Crippen MR) is 79.1 cm³/mol. The van der Waals surface area contributed by atoms with E-state index in [0.29, 0.717) is 24.5 Å². The first kappa shape index (κ1) is 13.5. The number of para-hydroxylation sites is 1. The Labute approximate surface area is 120 Å². The second kappa shape index (κ2) is 4.79. The Morgan fingerprint density at radius 2 is 2.20 bits per heavy atom. The summed E-state index contributed by atoms with van der Waals surface area (Å²) < 4.78 is 11.6. The summed E-state index contributed by atoms with van der Waals surface area (Å²) in [6.07, 6.45) is 0. The summed E-state index contributed by atoms with van der Waals surface area (Å²) in [6.45, 7) is 4.89. The van der Waals surface area contributed by atoms with Crippen molar-refractivity contribution in [3.63, 3.8) is 0 Å². The van der Waals surface area contributed by atoms with Crippen molar-refractivity contribution in [1.29, 1.82) is 0 Å². The highest BCUT2D eigenvalue weighted by Crippen LogP contribution is 2.25. The molecule has 1 aromatic carbocycles. The maximum atomic E-state index is 12.6. The standard InChI is InChI=1S/C14H17N3O2S/c1-14(2)9-17(7-8-20(14)19)13(18)12-10-5-3-4-6-11(10)15-16-12/h3-6H,7-9H2,1-2H3,(H,15,16). The molecule has 2 aromatic rings. The molecule has 5 nitrogen and oxygen atoms in total. The van der Waals surface area contributed by atoms with Crippen LogP contribution in [0.25, 0.3) is 10.9 Å². The van der Waals surface area contributed by atoms with Crippen LogP contribution in [0.1, 0.15) is 24.3 Å². The summed E-state index contributed by atoms with van der Waals surface area (Å²) in [5.74, 6) is 0.438. The van der Waals surface area contributed by atoms with Crippen molar-refractivity contribution in [2.24, 2.45) is 0 Å². The lowest BCUT2D eigenvalue weighted by molar-refractivity contribution is 0.0739. The molecule has 1 aliphatic rings. The Morgan fingerprint density at radius 3 is 2.95 bits per heavy atom. The zero-order chi connectivity index (χ0) is 14.3. The average Bonchev–Trinajstić information content (AvgIpc) is 2.85. The van der Waals surface area contributed by atoms with Crippen molar-refractivity contribution in [3.8, 4) is 0 Å². The van der Waals surface area contributed by atoms with E-state index in [-0.39, 0.29) is 10.7 Å². The minimum Gasteiger partial charge on any atom is -0.616 e. The number of H-pyrrole nitrogens is 1. The van der Waals surface area contributed by atoms with Crippen molar-refractivity contribution in [1.82, 2.24) is 15.1 Å². The number of hydrogen-bond acceptors (Lipinski definition) is 3. The van der Waals surface area contributed by atoms with Crippen LogP contribution >= 0.6 is 0 Å². The van der Waals surface area contributed by atoms with Gasteiger partial charge in [-0.15, -0.1) is 0 Å². The number of amides is 1. The predicted octanol–water partition coefficient (Wildman–Crippen LogP) is 1.55. The van der Waals surface area contributed by atoms with Crippen LogP contribution in [-0.4, -0.2) is 49.1 Å². The molecule has 1 N–H and O–H groups in total. The van der Waals surface area contributed by atoms with Crippen LogP contribution in [0.15, 0.2) is 24.3 Å². The second-order valence-electron chi connectivity index (χ2n) is 5.65. The summed E-state index contributed by atoms with van der Waals surface area (Å²) >= 11 is -0.884. The average molecular weight is 291 g/mol. The van der Waals surface area contributed by atoms with E-state index in [4.69, 9.17) is 0 Å². The summed E-state index contributed by atoms with van der Waals surface area (Å²) in [6, 6.07) is 7.58. The van der Waals surface area contributed by atoms with Crippen molar-refractivity contribution < 1.29 is 9.35 Å². The zero-order valence-electron chi connectivity index (χ0n) is 11.5. The van der Waals surface area contributed by atoms with Gasteiger partial charge < -0.3 is 9.45 Å². The lowest BCUT2D eigenvalue weighted by Crippen LogP contribution is -2.54. The van der Waals surface area contributed by atoms with Gasteiger partial charge in [-0.1, -0.05) is 18.2 Å². The molecule has 2 heterocycles. The number of aromatic amines is 1. The van der Waals surface area contributed by atoms with Gasteiger partial charge >= 0.3 is 0 Å². The van der Waals surface area contributed by atoms with E-state index in [2.05, 4.69) is 10.2 Å². The van der Waals surface area contributed by atoms with E-state index < -0.39 is 11.2 Å². The minimum atomic E-state index is -0.884. The molecule has 1 aromatic heterocycles. The molecule has 0 aliphatic carbocycles. The molecule has 1 aliphatic heterocycles. The number of carbonyl (C=O) groups is 1. The highest BCUT2D eigenvalue weighted by molar-refractivity contribution is 7.92. The van der Waals surface area contributed by atoms with Gasteiger partial charge in [0.15, 0.2) is 5.69 Å². The van der Waals surface area contributed by atoms with Gasteiger partial charge in [-0.2, -0.15) is 5.10 Å². The fraction of sp³-hybridized carbons (Fsp3) is 0.429. The normalized spacial score (nSPS) is 22.1. The molecule has 0 spiro atoms. The summed E-state index contributed by atoms with van der Waals surface area (Å²) in [4.78, 5) is 14.4. The fourth-order valence-corrected chi connectivity index (χ4v) is 3.77. The third kappa shape index (κ3) is 2.19. The maximum absolute atomic E-state index is 12.6. The zero-order valence-corrected chi connectivity index (χ0v) is 12.4. The first-order valence-electron chi connectivity index (χ1n) is 6.60. The van der Waals surface area contributed by atoms with Crippen LogP contribution in [0.5, 0.6) is 0 Å². The monoisotopic (exact) mass is 291 g/mol. The molecule has 1 unspecified atom stereocenters. The quantitative estimate of drug-likeness (QED) is 0.810. The van der Waals surface area contributed by atoms with E-state index in [9.17, 15) is 9.35 Å². The number of fused-ring (bicyclic) bond motifs is 1. The van der Waals surface area contributed by atoms with Gasteiger partial charge in [0.2, 0.25) is 0 Å². The highest BCUT2D eigenvalue weighted by atomic mass is 32.2. The third-order valence-corrected chi connectivity index (χ3v) is 5.61. The van der Waals surface area contributed by atoms with Gasteiger partial charge in [0.05, 0.1) is 18.6 Å². The van der Waals surface area contributed by atoms with Crippen LogP contribution in [0, 0.1) is 0 Å². The smallest absolute Gasteiger partial charge is 0.275 e. The van der Waals surface area contributed by atoms with Crippen LogP contribution in [-0.2, 0) is 11.2 Å². The number of nitrogens with one attached hydrogen (secondary N) is 1. The number of aromatic nitrogens is 2. The molecule has 0 saturated carbocycles. The fourth-order valence-electron chi connectivity index (χ4n) is 2.53. The van der Waals surface area contributed by atoms with Crippen molar-refractivity contribution >= 4 is 28.0 Å². The SMILES string of the molecule is CC1(C)CN(C(=O)c2n[nH]c3ccccc23)CC[S+]1[O-]. The Balaban J connectivity index is 1.90. The topological polar surface area (TPSA) is 72.0 Å². The summed E-state index contributed by atoms with van der Waals surface area (Å²) in [5.41, 5.74) is 1.31. The van der Waals surface area contributed by atoms with Crippen molar-refractivity contribution in [2.45, 2.75) is 18.6 Å². The van der Waals surface area contributed by atoms with E-state index >= 15 is 0 Å². The molecule has 0 bridgehead atoms. The first-order chi connectivity index (χ1) is 9.49. The summed E-state index contributed by atoms with van der Waals surface area (Å²) in [5, 5.41) is 7.86. The van der Waals surface area contributed by atoms with Crippen LogP contribution in [0.4, 0.5) is 0 Å². The Morgan fingerprint density at radius 1 is 1.45 bits per heavy atom. The first-order valence-corrected chi connectivity index (χ1v) is 7.92.